The number of nitrogens with zero attached hydrogens (tertiary/aromatic N) is 1. The lowest BCUT2D eigenvalue weighted by atomic mass is 9.76. The molecule has 1 saturated heterocycles. The molecule has 1 N–H and O–H groups in total. The third-order valence-corrected chi connectivity index (χ3v) is 10.5. The minimum absolute atomic E-state index is 0.0947. The first-order chi connectivity index (χ1) is 16.8. The molecule has 4 aliphatic carbocycles. The molecular weight excluding hydrogens is 471 g/mol. The molecule has 5 aliphatic rings. The van der Waals surface area contributed by atoms with Crippen molar-refractivity contribution in [1.29, 1.82) is 0 Å². The highest BCUT2D eigenvalue weighted by Gasteiger charge is 2.50. The van der Waals surface area contributed by atoms with E-state index in [1.165, 1.54) is 37.8 Å². The lowest BCUT2D eigenvalue weighted by Gasteiger charge is -2.37. The van der Waals surface area contributed by atoms with Crippen molar-refractivity contribution < 1.29 is 27.1 Å². The summed E-state index contributed by atoms with van der Waals surface area (Å²) in [4.78, 5) is 12.9. The minimum atomic E-state index is -4.06. The first-order valence-electron chi connectivity index (χ1n) is 13.2. The van der Waals surface area contributed by atoms with Crippen molar-refractivity contribution in [3.8, 4) is 5.75 Å². The molecule has 7 nitrogen and oxygen atoms in total. The van der Waals surface area contributed by atoms with Crippen molar-refractivity contribution in [1.82, 2.24) is 9.03 Å². The average molecular weight is 507 g/mol. The monoisotopic (exact) mass is 506 g/mol. The Morgan fingerprint density at radius 2 is 1.66 bits per heavy atom. The molecule has 6 atom stereocenters. The molecule has 1 aliphatic heterocycles. The van der Waals surface area contributed by atoms with Crippen LogP contribution in [0.2, 0.25) is 0 Å². The second-order valence-corrected chi connectivity index (χ2v) is 13.2. The van der Waals surface area contributed by atoms with E-state index >= 15 is 4.39 Å². The first kappa shape index (κ1) is 23.7. The van der Waals surface area contributed by atoms with Gasteiger partial charge in [0.15, 0.2) is 0 Å². The van der Waals surface area contributed by atoms with E-state index in [9.17, 15) is 13.2 Å². The predicted octanol–water partition coefficient (Wildman–Crippen LogP) is 3.85. The van der Waals surface area contributed by atoms with E-state index in [0.717, 1.165) is 41.0 Å². The Kier molecular flexibility index (Phi) is 6.08. The number of carbonyl (C=O) groups is 1. The zero-order valence-corrected chi connectivity index (χ0v) is 21.1. The summed E-state index contributed by atoms with van der Waals surface area (Å²) in [6, 6.07) is 2.85. The fourth-order valence-electron chi connectivity index (χ4n) is 7.30. The number of ether oxygens (including phenoxy) is 2. The molecule has 9 heteroatoms. The Hall–Kier alpha value is -1.71. The Balaban J connectivity index is 1.24. The van der Waals surface area contributed by atoms with Crippen LogP contribution >= 0.6 is 0 Å². The average Bonchev–Trinajstić information content (AvgIpc) is 3.62. The number of halogens is 1. The summed E-state index contributed by atoms with van der Waals surface area (Å²) in [5, 5.41) is 0. The quantitative estimate of drug-likeness (QED) is 0.634. The maximum absolute atomic E-state index is 15.3. The van der Waals surface area contributed by atoms with Gasteiger partial charge in [0, 0.05) is 19.2 Å². The van der Waals surface area contributed by atoms with E-state index in [1.54, 1.807) is 0 Å². The number of hydrogen-bond acceptors (Lipinski definition) is 5. The molecule has 0 radical (unpaired) electrons. The van der Waals surface area contributed by atoms with Crippen LogP contribution in [-0.2, 0) is 14.9 Å². The minimum Gasteiger partial charge on any atom is -0.489 e. The van der Waals surface area contributed by atoms with Gasteiger partial charge in [-0.1, -0.05) is 6.92 Å². The maximum atomic E-state index is 15.3. The standard InChI is InChI=1S/C26H35FN2O5S/c1-15-8-17-10-20-12-18(17)11-19(9-15)25(20)34-24-14-23(27)22(13-21(24)16-2-3-16)26(30)28-35(31,32)29-4-6-33-7-5-29/h13-20,25H,2-12H2,1H3,(H,28,30)/t15-,17?,18?,19?,20?,25-/m1/s1. The van der Waals surface area contributed by atoms with Crippen molar-refractivity contribution in [3.63, 3.8) is 0 Å². The summed E-state index contributed by atoms with van der Waals surface area (Å²) >= 11 is 0. The molecule has 0 aromatic heterocycles. The van der Waals surface area contributed by atoms with Gasteiger partial charge >= 0.3 is 10.2 Å². The summed E-state index contributed by atoms with van der Waals surface area (Å²) in [7, 11) is -4.06. The maximum Gasteiger partial charge on any atom is 0.304 e. The van der Waals surface area contributed by atoms with Crippen LogP contribution in [-0.4, -0.2) is 51.0 Å². The van der Waals surface area contributed by atoms with Crippen molar-refractivity contribution >= 4 is 16.1 Å². The van der Waals surface area contributed by atoms with Crippen molar-refractivity contribution in [2.45, 2.75) is 63.9 Å². The molecule has 1 aromatic rings. The van der Waals surface area contributed by atoms with E-state index in [0.29, 0.717) is 23.5 Å². The summed E-state index contributed by atoms with van der Waals surface area (Å²) < 4.78 is 55.6. The second kappa shape index (κ2) is 8.99. The normalized spacial score (nSPS) is 35.0. The molecule has 1 aromatic carbocycles. The summed E-state index contributed by atoms with van der Waals surface area (Å²) in [6.45, 7) is 3.21. The first-order valence-corrected chi connectivity index (χ1v) is 14.6. The Morgan fingerprint density at radius 1 is 1.03 bits per heavy atom. The van der Waals surface area contributed by atoms with Crippen LogP contribution in [0, 0.1) is 35.4 Å². The summed E-state index contributed by atoms with van der Waals surface area (Å²) in [5.41, 5.74) is 0.591. The molecule has 1 amide bonds. The highest BCUT2D eigenvalue weighted by molar-refractivity contribution is 7.87. The van der Waals surface area contributed by atoms with Crippen LogP contribution < -0.4 is 9.46 Å². The highest BCUT2D eigenvalue weighted by atomic mass is 32.2. The van der Waals surface area contributed by atoms with Crippen LogP contribution in [0.1, 0.15) is 73.7 Å². The van der Waals surface area contributed by atoms with Crippen LogP contribution in [0.4, 0.5) is 4.39 Å². The van der Waals surface area contributed by atoms with Gasteiger partial charge in [0.2, 0.25) is 0 Å². The number of amides is 1. The Morgan fingerprint density at radius 3 is 2.34 bits per heavy atom. The zero-order chi connectivity index (χ0) is 24.3. The van der Waals surface area contributed by atoms with E-state index in [-0.39, 0.29) is 43.9 Å². The van der Waals surface area contributed by atoms with Crippen LogP contribution in [0.3, 0.4) is 0 Å². The molecule has 6 rings (SSSR count). The van der Waals surface area contributed by atoms with Crippen molar-refractivity contribution in [2.24, 2.45) is 29.6 Å². The number of benzene rings is 1. The molecule has 4 unspecified atom stereocenters. The smallest absolute Gasteiger partial charge is 0.304 e. The third kappa shape index (κ3) is 4.60. The largest absolute Gasteiger partial charge is 0.489 e. The van der Waals surface area contributed by atoms with E-state index < -0.39 is 21.9 Å². The van der Waals surface area contributed by atoms with Gasteiger partial charge in [-0.2, -0.15) is 12.7 Å². The van der Waals surface area contributed by atoms with Crippen LogP contribution in [0.5, 0.6) is 5.75 Å². The lowest BCUT2D eigenvalue weighted by molar-refractivity contribution is 0.0336. The molecule has 4 saturated carbocycles. The summed E-state index contributed by atoms with van der Waals surface area (Å²) in [6.07, 6.45) is 8.13. The predicted molar refractivity (Wildman–Crippen MR) is 128 cm³/mol. The molecule has 35 heavy (non-hydrogen) atoms. The van der Waals surface area contributed by atoms with Gasteiger partial charge in [0.05, 0.1) is 18.8 Å². The van der Waals surface area contributed by atoms with Gasteiger partial charge in [-0.3, -0.25) is 4.79 Å². The highest BCUT2D eigenvalue weighted by Crippen LogP contribution is 2.56. The number of rotatable bonds is 6. The number of hydrogen-bond donors (Lipinski definition) is 1. The molecular formula is C26H35FN2O5S. The lowest BCUT2D eigenvalue weighted by Crippen LogP contribution is -2.48. The van der Waals surface area contributed by atoms with Crippen LogP contribution in [0.25, 0.3) is 0 Å². The van der Waals surface area contributed by atoms with Crippen molar-refractivity contribution in [2.75, 3.05) is 26.3 Å². The van der Waals surface area contributed by atoms with Crippen LogP contribution in [0.15, 0.2) is 12.1 Å². The van der Waals surface area contributed by atoms with Gasteiger partial charge in [0.25, 0.3) is 5.91 Å². The topological polar surface area (TPSA) is 84.9 Å². The van der Waals surface area contributed by atoms with E-state index in [2.05, 4.69) is 6.92 Å². The van der Waals surface area contributed by atoms with Gasteiger partial charge in [-0.05, 0) is 92.1 Å². The van der Waals surface area contributed by atoms with E-state index in [4.69, 9.17) is 9.47 Å². The number of carbonyl (C=O) groups excluding carboxylic acids is 1. The number of fused-ring (bicyclic) bond motifs is 2. The van der Waals surface area contributed by atoms with Gasteiger partial charge in [-0.25, -0.2) is 9.11 Å². The molecule has 1 heterocycles. The fourth-order valence-corrected chi connectivity index (χ4v) is 8.40. The van der Waals surface area contributed by atoms with Gasteiger partial charge in [-0.15, -0.1) is 0 Å². The number of nitrogens with one attached hydrogen (secondary N) is 1. The van der Waals surface area contributed by atoms with E-state index in [1.807, 2.05) is 4.72 Å². The van der Waals surface area contributed by atoms with Gasteiger partial charge < -0.3 is 9.47 Å². The second-order valence-electron chi connectivity index (χ2n) is 11.5. The Bertz CT molecular complexity index is 1100. The molecule has 3 bridgehead atoms. The van der Waals surface area contributed by atoms with Gasteiger partial charge in [0.1, 0.15) is 17.7 Å². The molecule has 5 fully saturated rings. The fraction of sp³-hybridized carbons (Fsp3) is 0.731. The summed E-state index contributed by atoms with van der Waals surface area (Å²) in [5.74, 6) is 2.41. The zero-order valence-electron chi connectivity index (χ0n) is 20.2. The molecule has 192 valence electrons. The Labute approximate surface area is 206 Å². The third-order valence-electron chi connectivity index (χ3n) is 8.98. The van der Waals surface area contributed by atoms with Crippen molar-refractivity contribution in [3.05, 3.63) is 29.1 Å². The number of morpholine rings is 1. The molecule has 0 spiro atoms. The SMILES string of the molecule is C[C@@H]1CC2CC3CC2CC(C1)[C@H]3Oc1cc(F)c(C(=O)NS(=O)(=O)N2CCOCC2)cc1C1CC1.